The summed E-state index contributed by atoms with van der Waals surface area (Å²) >= 11 is 0. The Bertz CT molecular complexity index is 1180. The van der Waals surface area contributed by atoms with Gasteiger partial charge in [0, 0.05) is 43.3 Å². The highest BCUT2D eigenvalue weighted by atomic mass is 19.1. The number of rotatable bonds is 8. The van der Waals surface area contributed by atoms with Crippen LogP contribution in [0, 0.1) is 11.7 Å². The molecule has 1 aliphatic rings. The number of nitrogens with zero attached hydrogens (tertiary/aromatic N) is 4. The number of piperazine rings is 1. The molecule has 2 aromatic carbocycles. The van der Waals surface area contributed by atoms with Crippen molar-refractivity contribution < 1.29 is 18.7 Å². The van der Waals surface area contributed by atoms with Crippen LogP contribution >= 0.6 is 0 Å². The number of aromatic nitrogens is 2. The molecule has 36 heavy (non-hydrogen) atoms. The van der Waals surface area contributed by atoms with E-state index in [0.717, 1.165) is 50.3 Å². The number of carbonyl (C=O) groups excluding carboxylic acids is 2. The molecule has 1 aromatic heterocycles. The standard InChI is InChI=1S/C28H33FN4O3/c1-4-6-20(3)27(34)32-17-15-31(16-18-32)23-11-7-21(8-12-23)26-19-25(28(35)36-5-2)30-33(26)24-13-9-22(29)10-14-24/h7-14,19-20H,4-6,15-18H2,1-3H3/t20-/m1/s1. The van der Waals surface area contributed by atoms with Crippen molar-refractivity contribution in [2.75, 3.05) is 37.7 Å². The van der Waals surface area contributed by atoms with Gasteiger partial charge in [-0.3, -0.25) is 4.79 Å². The number of benzene rings is 2. The van der Waals surface area contributed by atoms with E-state index in [4.69, 9.17) is 4.74 Å². The summed E-state index contributed by atoms with van der Waals surface area (Å²) in [5.41, 5.74) is 3.48. The van der Waals surface area contributed by atoms with Crippen LogP contribution in [0.5, 0.6) is 0 Å². The van der Waals surface area contributed by atoms with Crippen LogP contribution < -0.4 is 4.90 Å². The Morgan fingerprint density at radius 2 is 1.61 bits per heavy atom. The molecule has 1 fully saturated rings. The van der Waals surface area contributed by atoms with E-state index in [0.29, 0.717) is 11.4 Å². The van der Waals surface area contributed by atoms with Gasteiger partial charge >= 0.3 is 5.97 Å². The minimum Gasteiger partial charge on any atom is -0.461 e. The van der Waals surface area contributed by atoms with E-state index in [9.17, 15) is 14.0 Å². The molecule has 1 saturated heterocycles. The highest BCUT2D eigenvalue weighted by molar-refractivity contribution is 5.89. The summed E-state index contributed by atoms with van der Waals surface area (Å²) in [5, 5.41) is 4.44. The van der Waals surface area contributed by atoms with E-state index in [1.165, 1.54) is 12.1 Å². The summed E-state index contributed by atoms with van der Waals surface area (Å²) in [4.78, 5) is 29.2. The third-order valence-electron chi connectivity index (χ3n) is 6.53. The SMILES string of the molecule is CCC[C@@H](C)C(=O)N1CCN(c2ccc(-c3cc(C(=O)OCC)nn3-c3ccc(F)cc3)cc2)CC1. The summed E-state index contributed by atoms with van der Waals surface area (Å²) in [6.07, 6.45) is 1.94. The molecular weight excluding hydrogens is 459 g/mol. The Hall–Kier alpha value is -3.68. The minimum atomic E-state index is -0.503. The third-order valence-corrected chi connectivity index (χ3v) is 6.53. The molecule has 0 bridgehead atoms. The zero-order valence-electron chi connectivity index (χ0n) is 21.1. The van der Waals surface area contributed by atoms with Gasteiger partial charge in [-0.05, 0) is 55.8 Å². The maximum Gasteiger partial charge on any atom is 0.358 e. The molecule has 1 amide bonds. The highest BCUT2D eigenvalue weighted by Gasteiger charge is 2.25. The molecule has 4 rings (SSSR count). The molecule has 1 aliphatic heterocycles. The molecule has 2 heterocycles. The molecule has 7 nitrogen and oxygen atoms in total. The number of carbonyl (C=O) groups is 2. The van der Waals surface area contributed by atoms with Gasteiger partial charge in [0.15, 0.2) is 5.69 Å². The minimum absolute atomic E-state index is 0.0753. The topological polar surface area (TPSA) is 67.7 Å². The van der Waals surface area contributed by atoms with E-state index < -0.39 is 5.97 Å². The number of esters is 1. The molecule has 0 aliphatic carbocycles. The van der Waals surface area contributed by atoms with Crippen LogP contribution in [0.4, 0.5) is 10.1 Å². The fourth-order valence-corrected chi connectivity index (χ4v) is 4.57. The van der Waals surface area contributed by atoms with Crippen LogP contribution in [0.25, 0.3) is 16.9 Å². The average Bonchev–Trinajstić information content (AvgIpc) is 3.35. The number of hydrogen-bond acceptors (Lipinski definition) is 5. The van der Waals surface area contributed by atoms with Crippen LogP contribution in [0.15, 0.2) is 54.6 Å². The Morgan fingerprint density at radius 3 is 2.22 bits per heavy atom. The summed E-state index contributed by atoms with van der Waals surface area (Å²) in [5.74, 6) is -0.523. The quantitative estimate of drug-likeness (QED) is 0.417. The van der Waals surface area contributed by atoms with Crippen LogP contribution in [0.3, 0.4) is 0 Å². The van der Waals surface area contributed by atoms with Crippen molar-refractivity contribution in [2.24, 2.45) is 5.92 Å². The number of hydrogen-bond donors (Lipinski definition) is 0. The first-order valence-corrected chi connectivity index (χ1v) is 12.6. The fraction of sp³-hybridized carbons (Fsp3) is 0.393. The first kappa shape index (κ1) is 25.4. The van der Waals surface area contributed by atoms with Gasteiger partial charge in [0.25, 0.3) is 0 Å². The predicted octanol–water partition coefficient (Wildman–Crippen LogP) is 4.94. The van der Waals surface area contributed by atoms with Gasteiger partial charge in [-0.25, -0.2) is 13.9 Å². The smallest absolute Gasteiger partial charge is 0.358 e. The van der Waals surface area contributed by atoms with Crippen LogP contribution in [0.1, 0.15) is 44.1 Å². The summed E-state index contributed by atoms with van der Waals surface area (Å²) < 4.78 is 20.3. The number of ether oxygens (including phenoxy) is 1. The second-order valence-electron chi connectivity index (χ2n) is 9.07. The van der Waals surface area contributed by atoms with E-state index in [1.807, 2.05) is 36.1 Å². The van der Waals surface area contributed by atoms with Gasteiger partial charge in [-0.2, -0.15) is 5.10 Å². The lowest BCUT2D eigenvalue weighted by atomic mass is 10.0. The molecule has 0 N–H and O–H groups in total. The number of halogens is 1. The maximum absolute atomic E-state index is 13.5. The van der Waals surface area contributed by atoms with Gasteiger partial charge < -0.3 is 14.5 Å². The monoisotopic (exact) mass is 492 g/mol. The van der Waals surface area contributed by atoms with Gasteiger partial charge in [-0.15, -0.1) is 0 Å². The molecular formula is C28H33FN4O3. The molecule has 0 unspecified atom stereocenters. The molecule has 0 spiro atoms. The normalized spacial score (nSPS) is 14.6. The van der Waals surface area contributed by atoms with Gasteiger partial charge in [-0.1, -0.05) is 32.4 Å². The summed E-state index contributed by atoms with van der Waals surface area (Å²) in [6.45, 7) is 9.12. The first-order valence-electron chi connectivity index (χ1n) is 12.6. The number of anilines is 1. The number of amides is 1. The predicted molar refractivity (Wildman–Crippen MR) is 138 cm³/mol. The lowest BCUT2D eigenvalue weighted by Gasteiger charge is -2.37. The van der Waals surface area contributed by atoms with E-state index in [2.05, 4.69) is 16.9 Å². The van der Waals surface area contributed by atoms with Crippen molar-refractivity contribution in [3.63, 3.8) is 0 Å². The molecule has 0 saturated carbocycles. The Morgan fingerprint density at radius 1 is 0.972 bits per heavy atom. The van der Waals surface area contributed by atoms with E-state index >= 15 is 0 Å². The van der Waals surface area contributed by atoms with Crippen LogP contribution in [-0.4, -0.2) is 59.3 Å². The van der Waals surface area contributed by atoms with Crippen molar-refractivity contribution in [1.29, 1.82) is 0 Å². The van der Waals surface area contributed by atoms with Crippen molar-refractivity contribution in [2.45, 2.75) is 33.6 Å². The Balaban J connectivity index is 1.53. The van der Waals surface area contributed by atoms with E-state index in [1.54, 1.807) is 29.8 Å². The van der Waals surface area contributed by atoms with Crippen LogP contribution in [0.2, 0.25) is 0 Å². The molecule has 1 atom stereocenters. The third kappa shape index (κ3) is 5.58. The van der Waals surface area contributed by atoms with Gasteiger partial charge in [0.2, 0.25) is 5.91 Å². The molecule has 0 radical (unpaired) electrons. The highest BCUT2D eigenvalue weighted by Crippen LogP contribution is 2.28. The summed E-state index contributed by atoms with van der Waals surface area (Å²) in [7, 11) is 0. The molecule has 3 aromatic rings. The largest absolute Gasteiger partial charge is 0.461 e. The Kier molecular flexibility index (Phi) is 8.03. The zero-order valence-corrected chi connectivity index (χ0v) is 21.1. The van der Waals surface area contributed by atoms with Crippen molar-refractivity contribution in [3.05, 3.63) is 66.1 Å². The molecule has 8 heteroatoms. The lowest BCUT2D eigenvalue weighted by Crippen LogP contribution is -2.50. The van der Waals surface area contributed by atoms with Gasteiger partial charge in [0.05, 0.1) is 18.0 Å². The van der Waals surface area contributed by atoms with Crippen molar-refractivity contribution >= 4 is 17.6 Å². The Labute approximate surface area is 211 Å². The lowest BCUT2D eigenvalue weighted by molar-refractivity contribution is -0.135. The fourth-order valence-electron chi connectivity index (χ4n) is 4.57. The van der Waals surface area contributed by atoms with Crippen molar-refractivity contribution in [3.8, 4) is 16.9 Å². The molecule has 190 valence electrons. The maximum atomic E-state index is 13.5. The van der Waals surface area contributed by atoms with Crippen LogP contribution in [-0.2, 0) is 9.53 Å². The summed E-state index contributed by atoms with van der Waals surface area (Å²) in [6, 6.07) is 15.7. The van der Waals surface area contributed by atoms with Gasteiger partial charge in [0.1, 0.15) is 5.82 Å². The zero-order chi connectivity index (χ0) is 25.7. The first-order chi connectivity index (χ1) is 17.4. The second kappa shape index (κ2) is 11.4. The average molecular weight is 493 g/mol. The van der Waals surface area contributed by atoms with E-state index in [-0.39, 0.29) is 29.9 Å². The van der Waals surface area contributed by atoms with Crippen molar-refractivity contribution in [1.82, 2.24) is 14.7 Å². The second-order valence-corrected chi connectivity index (χ2v) is 9.07.